The number of para-hydroxylation sites is 2. The predicted molar refractivity (Wildman–Crippen MR) is 213 cm³/mol. The number of rotatable bonds is 3. The van der Waals surface area contributed by atoms with Crippen LogP contribution in [0.1, 0.15) is 51.7 Å². The van der Waals surface area contributed by atoms with E-state index in [4.69, 9.17) is 0 Å². The summed E-state index contributed by atoms with van der Waals surface area (Å²) in [4.78, 5) is 0. The van der Waals surface area contributed by atoms with Crippen LogP contribution in [0.4, 0.5) is 0 Å². The van der Waals surface area contributed by atoms with E-state index in [9.17, 15) is 0 Å². The lowest BCUT2D eigenvalue weighted by molar-refractivity contribution is 0.332. The van der Waals surface area contributed by atoms with Crippen molar-refractivity contribution in [3.8, 4) is 22.5 Å². The zero-order chi connectivity index (χ0) is 33.8. The van der Waals surface area contributed by atoms with Gasteiger partial charge in [-0.05, 0) is 99.2 Å². The first-order chi connectivity index (χ1) is 24.3. The van der Waals surface area contributed by atoms with Gasteiger partial charge in [0.05, 0.1) is 22.1 Å². The van der Waals surface area contributed by atoms with Crippen LogP contribution in [0, 0.1) is 0 Å². The van der Waals surface area contributed by atoms with Gasteiger partial charge in [-0.2, -0.15) is 0 Å². The molecule has 2 heteroatoms. The molecule has 0 saturated heterocycles. The second-order valence-corrected chi connectivity index (χ2v) is 15.6. The number of fused-ring (bicyclic) bond motifs is 11. The molecule has 2 aromatic heterocycles. The van der Waals surface area contributed by atoms with Gasteiger partial charge in [0.1, 0.15) is 0 Å². The molecule has 7 aromatic carbocycles. The molecule has 242 valence electrons. The van der Waals surface area contributed by atoms with Gasteiger partial charge < -0.3 is 9.13 Å². The van der Waals surface area contributed by atoms with E-state index >= 15 is 0 Å². The largest absolute Gasteiger partial charge is 0.307 e. The first-order valence-corrected chi connectivity index (χ1v) is 18.0. The van der Waals surface area contributed by atoms with Crippen molar-refractivity contribution in [2.75, 3.05) is 0 Å². The van der Waals surface area contributed by atoms with E-state index in [1.54, 1.807) is 0 Å². The van der Waals surface area contributed by atoms with Crippen LogP contribution >= 0.6 is 0 Å². The van der Waals surface area contributed by atoms with Gasteiger partial charge in [0.15, 0.2) is 0 Å². The summed E-state index contributed by atoms with van der Waals surface area (Å²) in [6.07, 6.45) is 2.37. The summed E-state index contributed by atoms with van der Waals surface area (Å²) in [6.45, 7) is 9.76. The van der Waals surface area contributed by atoms with E-state index in [1.165, 1.54) is 101 Å². The number of nitrogens with zero attached hydrogens (tertiary/aromatic N) is 2. The van der Waals surface area contributed by atoms with Gasteiger partial charge >= 0.3 is 0 Å². The van der Waals surface area contributed by atoms with Crippen molar-refractivity contribution in [3.63, 3.8) is 0 Å². The van der Waals surface area contributed by atoms with Crippen LogP contribution in [0.15, 0.2) is 146 Å². The van der Waals surface area contributed by atoms with Gasteiger partial charge in [-0.25, -0.2) is 0 Å². The lowest BCUT2D eigenvalue weighted by atomic mass is 9.63. The Morgan fingerprint density at radius 1 is 0.400 bits per heavy atom. The Labute approximate surface area is 293 Å². The third kappa shape index (κ3) is 4.08. The van der Waals surface area contributed by atoms with E-state index in [0.29, 0.717) is 0 Å². The predicted octanol–water partition coefficient (Wildman–Crippen LogP) is 13.0. The van der Waals surface area contributed by atoms with Crippen molar-refractivity contribution in [2.24, 2.45) is 0 Å². The molecule has 0 unspecified atom stereocenters. The molecule has 0 saturated carbocycles. The molecule has 0 N–H and O–H groups in total. The molecule has 50 heavy (non-hydrogen) atoms. The number of hydrogen-bond acceptors (Lipinski definition) is 0. The van der Waals surface area contributed by atoms with Crippen molar-refractivity contribution in [2.45, 2.75) is 51.4 Å². The van der Waals surface area contributed by atoms with Gasteiger partial charge in [0, 0.05) is 32.9 Å². The lowest BCUT2D eigenvalue weighted by Gasteiger charge is -2.42. The van der Waals surface area contributed by atoms with Crippen molar-refractivity contribution in [1.29, 1.82) is 0 Å². The molecule has 0 amide bonds. The zero-order valence-electron chi connectivity index (χ0n) is 29.2. The molecule has 2 heterocycles. The molecule has 2 nitrogen and oxygen atoms in total. The fourth-order valence-electron chi connectivity index (χ4n) is 9.07. The monoisotopic (exact) mass is 644 g/mol. The fraction of sp³-hybridized carbons (Fsp3) is 0.167. The van der Waals surface area contributed by atoms with Crippen LogP contribution in [0.5, 0.6) is 0 Å². The maximum atomic E-state index is 2.58. The molecule has 0 radical (unpaired) electrons. The Bertz CT molecular complexity index is 2790. The standard InChI is InChI=1S/C48H40N2/c1-47(2)26-27-48(3,4)40-30-42-38(29-39(40)47)44-36-23-12-11-22-35(36)43-37-24-13-14-25-41(37)50(45(43)46(44)49(42)33-19-9-6-10-20-33)34-21-15-18-32(28-34)31-16-7-5-8-17-31/h5-25,28-30H,26-27H2,1-4H3. The molecular formula is C48H40N2. The molecule has 9 aromatic rings. The smallest absolute Gasteiger partial charge is 0.0795 e. The summed E-state index contributed by atoms with van der Waals surface area (Å²) in [5, 5.41) is 7.85. The second-order valence-electron chi connectivity index (χ2n) is 15.6. The quantitative estimate of drug-likeness (QED) is 0.181. The minimum absolute atomic E-state index is 0.0984. The first kappa shape index (κ1) is 29.3. The van der Waals surface area contributed by atoms with Crippen molar-refractivity contribution >= 4 is 54.4 Å². The van der Waals surface area contributed by atoms with Crippen molar-refractivity contribution in [1.82, 2.24) is 9.13 Å². The average molecular weight is 645 g/mol. The van der Waals surface area contributed by atoms with Gasteiger partial charge in [0.25, 0.3) is 0 Å². The Hall–Kier alpha value is -5.60. The van der Waals surface area contributed by atoms with E-state index in [-0.39, 0.29) is 10.8 Å². The third-order valence-electron chi connectivity index (χ3n) is 11.7. The summed E-state index contributed by atoms with van der Waals surface area (Å²) in [6, 6.07) is 54.1. The van der Waals surface area contributed by atoms with Crippen LogP contribution < -0.4 is 0 Å². The van der Waals surface area contributed by atoms with E-state index in [0.717, 1.165) is 0 Å². The maximum absolute atomic E-state index is 2.58. The van der Waals surface area contributed by atoms with E-state index in [2.05, 4.69) is 182 Å². The summed E-state index contributed by atoms with van der Waals surface area (Å²) in [5.74, 6) is 0. The minimum Gasteiger partial charge on any atom is -0.307 e. The highest BCUT2D eigenvalue weighted by molar-refractivity contribution is 6.36. The zero-order valence-corrected chi connectivity index (χ0v) is 29.2. The molecule has 0 bridgehead atoms. The first-order valence-electron chi connectivity index (χ1n) is 18.0. The molecule has 0 aliphatic heterocycles. The third-order valence-corrected chi connectivity index (χ3v) is 11.7. The molecule has 10 rings (SSSR count). The summed E-state index contributed by atoms with van der Waals surface area (Å²) in [5.41, 5.74) is 13.0. The molecule has 1 aliphatic carbocycles. The molecule has 0 atom stereocenters. The van der Waals surface area contributed by atoms with Crippen LogP contribution in [-0.4, -0.2) is 9.13 Å². The van der Waals surface area contributed by atoms with Gasteiger partial charge in [-0.3, -0.25) is 0 Å². The fourth-order valence-corrected chi connectivity index (χ4v) is 9.07. The number of aromatic nitrogens is 2. The number of hydrogen-bond donors (Lipinski definition) is 0. The molecule has 0 spiro atoms. The van der Waals surface area contributed by atoms with Crippen molar-refractivity contribution in [3.05, 3.63) is 157 Å². The van der Waals surface area contributed by atoms with Gasteiger partial charge in [0.2, 0.25) is 0 Å². The van der Waals surface area contributed by atoms with Crippen LogP contribution in [0.3, 0.4) is 0 Å². The van der Waals surface area contributed by atoms with Crippen LogP contribution in [0.25, 0.3) is 76.9 Å². The van der Waals surface area contributed by atoms with E-state index in [1.807, 2.05) is 0 Å². The topological polar surface area (TPSA) is 9.86 Å². The van der Waals surface area contributed by atoms with Gasteiger partial charge in [-0.1, -0.05) is 131 Å². The summed E-state index contributed by atoms with van der Waals surface area (Å²) < 4.78 is 5.12. The highest BCUT2D eigenvalue weighted by atomic mass is 15.0. The summed E-state index contributed by atoms with van der Waals surface area (Å²) >= 11 is 0. The molecule has 1 aliphatic rings. The highest BCUT2D eigenvalue weighted by Crippen LogP contribution is 2.51. The lowest BCUT2D eigenvalue weighted by Crippen LogP contribution is -2.33. The Balaban J connectivity index is 1.48. The number of benzene rings is 7. The van der Waals surface area contributed by atoms with Crippen molar-refractivity contribution < 1.29 is 0 Å². The Kier molecular flexibility index (Phi) is 6.13. The Morgan fingerprint density at radius 2 is 0.900 bits per heavy atom. The normalized spacial score (nSPS) is 15.4. The van der Waals surface area contributed by atoms with Crippen LogP contribution in [0.2, 0.25) is 0 Å². The molecule has 0 fully saturated rings. The average Bonchev–Trinajstić information content (AvgIpc) is 3.68. The molecular weight excluding hydrogens is 605 g/mol. The maximum Gasteiger partial charge on any atom is 0.0795 e. The second kappa shape index (κ2) is 10.5. The summed E-state index contributed by atoms with van der Waals surface area (Å²) in [7, 11) is 0. The van der Waals surface area contributed by atoms with Gasteiger partial charge in [-0.15, -0.1) is 0 Å². The van der Waals surface area contributed by atoms with Crippen LogP contribution in [-0.2, 0) is 10.8 Å². The Morgan fingerprint density at radius 3 is 1.58 bits per heavy atom. The minimum atomic E-state index is 0.0984. The highest BCUT2D eigenvalue weighted by Gasteiger charge is 2.38. The van der Waals surface area contributed by atoms with E-state index < -0.39 is 0 Å². The SMILES string of the molecule is CC1(C)CCC(C)(C)c2cc3c(cc21)c1c2ccccc2c2c4ccccc4n(-c4cccc(-c5ccccc5)c4)c2c1n3-c1ccccc1.